The maximum atomic E-state index is 12.2. The van der Waals surface area contributed by atoms with Crippen LogP contribution in [0.25, 0.3) is 0 Å². The molecule has 0 aliphatic carbocycles. The molecule has 1 aromatic heterocycles. The highest BCUT2D eigenvalue weighted by Crippen LogP contribution is 2.20. The molecule has 0 aromatic carbocycles. The fourth-order valence-corrected chi connectivity index (χ4v) is 2.08. The van der Waals surface area contributed by atoms with E-state index in [0.29, 0.717) is 6.04 Å². The summed E-state index contributed by atoms with van der Waals surface area (Å²) < 4.78 is 0. The molecule has 0 saturated carbocycles. The van der Waals surface area contributed by atoms with Crippen LogP contribution in [0.2, 0.25) is 0 Å². The van der Waals surface area contributed by atoms with Crippen molar-refractivity contribution in [3.05, 3.63) is 29.6 Å². The Hall–Kier alpha value is -1.38. The number of aryl methyl sites for hydroxylation is 1. The number of aromatic nitrogens is 1. The standard InChI is InChI=1S/C12H16N2O/c1-9-5-6-13-8-11(9)12(15)14-7-3-4-10(14)2/h5-6,8,10H,3-4,7H2,1-2H3. The van der Waals surface area contributed by atoms with E-state index < -0.39 is 0 Å². The quantitative estimate of drug-likeness (QED) is 0.701. The lowest BCUT2D eigenvalue weighted by atomic mass is 10.1. The van der Waals surface area contributed by atoms with Crippen LogP contribution in [0, 0.1) is 6.92 Å². The molecular formula is C12H16N2O. The van der Waals surface area contributed by atoms with Gasteiger partial charge in [0.25, 0.3) is 5.91 Å². The fourth-order valence-electron chi connectivity index (χ4n) is 2.08. The Morgan fingerprint density at radius 2 is 2.40 bits per heavy atom. The van der Waals surface area contributed by atoms with Crippen molar-refractivity contribution < 1.29 is 4.79 Å². The molecule has 15 heavy (non-hydrogen) atoms. The Bertz CT molecular complexity index is 376. The summed E-state index contributed by atoms with van der Waals surface area (Å²) in [6, 6.07) is 2.26. The second-order valence-corrected chi connectivity index (χ2v) is 4.18. The highest BCUT2D eigenvalue weighted by Gasteiger charge is 2.26. The first-order chi connectivity index (χ1) is 7.20. The number of amides is 1. The molecule has 1 aliphatic rings. The van der Waals surface area contributed by atoms with Crippen LogP contribution in [0.1, 0.15) is 35.7 Å². The molecule has 1 unspecified atom stereocenters. The highest BCUT2D eigenvalue weighted by molar-refractivity contribution is 5.95. The van der Waals surface area contributed by atoms with Crippen LogP contribution in [-0.4, -0.2) is 28.4 Å². The van der Waals surface area contributed by atoms with Gasteiger partial charge in [-0.3, -0.25) is 9.78 Å². The van der Waals surface area contributed by atoms with Gasteiger partial charge in [-0.15, -0.1) is 0 Å². The number of nitrogens with zero attached hydrogens (tertiary/aromatic N) is 2. The normalized spacial score (nSPS) is 20.7. The van der Waals surface area contributed by atoms with Gasteiger partial charge in [0.05, 0.1) is 5.56 Å². The molecule has 3 heteroatoms. The minimum absolute atomic E-state index is 0.130. The third kappa shape index (κ3) is 1.87. The van der Waals surface area contributed by atoms with Gasteiger partial charge in [-0.05, 0) is 38.3 Å². The van der Waals surface area contributed by atoms with Crippen molar-refractivity contribution in [3.8, 4) is 0 Å². The van der Waals surface area contributed by atoms with Crippen molar-refractivity contribution in [2.45, 2.75) is 32.7 Å². The summed E-state index contributed by atoms with van der Waals surface area (Å²) in [5, 5.41) is 0. The lowest BCUT2D eigenvalue weighted by molar-refractivity contribution is 0.0746. The van der Waals surface area contributed by atoms with Crippen LogP contribution < -0.4 is 0 Å². The number of pyridine rings is 1. The zero-order valence-electron chi connectivity index (χ0n) is 9.23. The summed E-state index contributed by atoms with van der Waals surface area (Å²) in [7, 11) is 0. The maximum absolute atomic E-state index is 12.2. The molecule has 1 saturated heterocycles. The van der Waals surface area contributed by atoms with Crippen molar-refractivity contribution in [1.29, 1.82) is 0 Å². The molecule has 0 N–H and O–H groups in total. The monoisotopic (exact) mass is 204 g/mol. The third-order valence-electron chi connectivity index (χ3n) is 3.08. The van der Waals surface area contributed by atoms with E-state index in [1.54, 1.807) is 12.4 Å². The summed E-state index contributed by atoms with van der Waals surface area (Å²) in [6.07, 6.45) is 5.62. The van der Waals surface area contributed by atoms with Crippen LogP contribution in [-0.2, 0) is 0 Å². The van der Waals surface area contributed by atoms with Crippen LogP contribution in [0.15, 0.2) is 18.5 Å². The summed E-state index contributed by atoms with van der Waals surface area (Å²) >= 11 is 0. The maximum Gasteiger partial charge on any atom is 0.255 e. The number of rotatable bonds is 1. The smallest absolute Gasteiger partial charge is 0.255 e. The van der Waals surface area contributed by atoms with E-state index in [9.17, 15) is 4.79 Å². The zero-order valence-corrected chi connectivity index (χ0v) is 9.23. The van der Waals surface area contributed by atoms with Crippen molar-refractivity contribution in [3.63, 3.8) is 0 Å². The topological polar surface area (TPSA) is 33.2 Å². The van der Waals surface area contributed by atoms with E-state index in [-0.39, 0.29) is 5.91 Å². The molecule has 2 heterocycles. The lowest BCUT2D eigenvalue weighted by Gasteiger charge is -2.21. The van der Waals surface area contributed by atoms with E-state index in [0.717, 1.165) is 30.5 Å². The molecule has 0 radical (unpaired) electrons. The molecule has 1 amide bonds. The lowest BCUT2D eigenvalue weighted by Crippen LogP contribution is -2.34. The van der Waals surface area contributed by atoms with Gasteiger partial charge in [0.15, 0.2) is 0 Å². The third-order valence-corrected chi connectivity index (χ3v) is 3.08. The summed E-state index contributed by atoms with van der Waals surface area (Å²) in [5.74, 6) is 0.130. The van der Waals surface area contributed by atoms with Gasteiger partial charge in [-0.25, -0.2) is 0 Å². The molecule has 1 atom stereocenters. The van der Waals surface area contributed by atoms with Gasteiger partial charge in [0, 0.05) is 25.0 Å². The average Bonchev–Trinajstić information content (AvgIpc) is 2.64. The van der Waals surface area contributed by atoms with Crippen LogP contribution >= 0.6 is 0 Å². The molecule has 1 fully saturated rings. The van der Waals surface area contributed by atoms with Gasteiger partial charge < -0.3 is 4.90 Å². The Labute approximate surface area is 90.1 Å². The van der Waals surface area contributed by atoms with Crippen LogP contribution in [0.3, 0.4) is 0 Å². The summed E-state index contributed by atoms with van der Waals surface area (Å²) in [5.41, 5.74) is 1.75. The molecule has 80 valence electrons. The van der Waals surface area contributed by atoms with Gasteiger partial charge in [0.1, 0.15) is 0 Å². The Morgan fingerprint density at radius 1 is 1.60 bits per heavy atom. The minimum atomic E-state index is 0.130. The number of carbonyl (C=O) groups excluding carboxylic acids is 1. The first-order valence-corrected chi connectivity index (χ1v) is 5.41. The number of hydrogen-bond donors (Lipinski definition) is 0. The predicted octanol–water partition coefficient (Wildman–Crippen LogP) is 2.01. The van der Waals surface area contributed by atoms with E-state index in [1.165, 1.54) is 0 Å². The zero-order chi connectivity index (χ0) is 10.8. The van der Waals surface area contributed by atoms with E-state index in [1.807, 2.05) is 17.9 Å². The van der Waals surface area contributed by atoms with Crippen molar-refractivity contribution >= 4 is 5.91 Å². The SMILES string of the molecule is Cc1ccncc1C(=O)N1CCCC1C. The van der Waals surface area contributed by atoms with Gasteiger partial charge in [-0.1, -0.05) is 0 Å². The first-order valence-electron chi connectivity index (χ1n) is 5.41. The van der Waals surface area contributed by atoms with Crippen LogP contribution in [0.5, 0.6) is 0 Å². The van der Waals surface area contributed by atoms with Crippen LogP contribution in [0.4, 0.5) is 0 Å². The second-order valence-electron chi connectivity index (χ2n) is 4.18. The molecule has 0 spiro atoms. The molecule has 0 bridgehead atoms. The van der Waals surface area contributed by atoms with E-state index in [4.69, 9.17) is 0 Å². The predicted molar refractivity (Wildman–Crippen MR) is 58.7 cm³/mol. The van der Waals surface area contributed by atoms with Gasteiger partial charge in [-0.2, -0.15) is 0 Å². The van der Waals surface area contributed by atoms with E-state index >= 15 is 0 Å². The Kier molecular flexibility index (Phi) is 2.71. The Balaban J connectivity index is 2.24. The molecular weight excluding hydrogens is 188 g/mol. The van der Waals surface area contributed by atoms with Gasteiger partial charge in [0.2, 0.25) is 0 Å². The number of hydrogen-bond acceptors (Lipinski definition) is 2. The summed E-state index contributed by atoms with van der Waals surface area (Å²) in [4.78, 5) is 18.1. The fraction of sp³-hybridized carbons (Fsp3) is 0.500. The second kappa shape index (κ2) is 4.01. The van der Waals surface area contributed by atoms with Gasteiger partial charge >= 0.3 is 0 Å². The number of carbonyl (C=O) groups is 1. The molecule has 2 rings (SSSR count). The minimum Gasteiger partial charge on any atom is -0.336 e. The highest BCUT2D eigenvalue weighted by atomic mass is 16.2. The molecule has 1 aromatic rings. The van der Waals surface area contributed by atoms with Crippen molar-refractivity contribution in [2.75, 3.05) is 6.54 Å². The van der Waals surface area contributed by atoms with Crippen molar-refractivity contribution in [2.24, 2.45) is 0 Å². The van der Waals surface area contributed by atoms with E-state index in [2.05, 4.69) is 11.9 Å². The molecule has 3 nitrogen and oxygen atoms in total. The number of likely N-dealkylation sites (tertiary alicyclic amines) is 1. The largest absolute Gasteiger partial charge is 0.336 e. The summed E-state index contributed by atoms with van der Waals surface area (Å²) in [6.45, 7) is 4.95. The average molecular weight is 204 g/mol. The van der Waals surface area contributed by atoms with Crippen molar-refractivity contribution in [1.82, 2.24) is 9.88 Å². The molecule has 1 aliphatic heterocycles. The Morgan fingerprint density at radius 3 is 3.00 bits per heavy atom. The first kappa shape index (κ1) is 10.1.